The SMILES string of the molecule is Cc1c(C)c(C)c(S(=O)(=O)N2CCN(C(=O)C3(c4ccccc4)CCN(S(=O)(=O)c4ccc(F)c(F)c4)CC3)CC2)c(C)c1C. The average Bonchev–Trinajstić information content (AvgIpc) is 3.04. The van der Waals surface area contributed by atoms with E-state index >= 15 is 0 Å². The summed E-state index contributed by atoms with van der Waals surface area (Å²) in [6.45, 7) is 10.2. The van der Waals surface area contributed by atoms with Gasteiger partial charge < -0.3 is 4.90 Å². The molecule has 0 N–H and O–H groups in total. The standard InChI is InChI=1S/C33H39F2N3O5S2/c1-22-23(2)25(4)31(26(5)24(22)3)45(42,43)38-19-17-36(18-20-38)32(39)33(27-9-7-6-8-10-27)13-15-37(16-14-33)44(40,41)28-11-12-29(34)30(35)21-28/h6-12,21H,13-20H2,1-5H3. The zero-order valence-electron chi connectivity index (χ0n) is 26.2. The Morgan fingerprint density at radius 3 is 1.69 bits per heavy atom. The first-order valence-corrected chi connectivity index (χ1v) is 17.9. The summed E-state index contributed by atoms with van der Waals surface area (Å²) in [5.41, 5.74) is 4.19. The van der Waals surface area contributed by atoms with Gasteiger partial charge in [0.05, 0.1) is 15.2 Å². The molecule has 2 saturated heterocycles. The van der Waals surface area contributed by atoms with E-state index in [-0.39, 0.29) is 62.9 Å². The van der Waals surface area contributed by atoms with Crippen molar-refractivity contribution in [1.29, 1.82) is 0 Å². The zero-order chi connectivity index (χ0) is 32.9. The quantitative estimate of drug-likeness (QED) is 0.381. The predicted octanol–water partition coefficient (Wildman–Crippen LogP) is 4.76. The van der Waals surface area contributed by atoms with Gasteiger partial charge in [-0.3, -0.25) is 4.79 Å². The minimum Gasteiger partial charge on any atom is -0.339 e. The van der Waals surface area contributed by atoms with Gasteiger partial charge in [0, 0.05) is 39.3 Å². The van der Waals surface area contributed by atoms with Gasteiger partial charge in [-0.1, -0.05) is 30.3 Å². The molecule has 0 spiro atoms. The normalized spacial score (nSPS) is 18.2. The summed E-state index contributed by atoms with van der Waals surface area (Å²) in [6, 6.07) is 11.7. The molecule has 2 heterocycles. The van der Waals surface area contributed by atoms with Crippen LogP contribution in [0, 0.1) is 46.3 Å². The first kappa shape index (κ1) is 33.2. The fraction of sp³-hybridized carbons (Fsp3) is 0.424. The number of amides is 1. The van der Waals surface area contributed by atoms with E-state index in [1.807, 2.05) is 65.0 Å². The van der Waals surface area contributed by atoms with Gasteiger partial charge in [0.25, 0.3) is 0 Å². The summed E-state index contributed by atoms with van der Waals surface area (Å²) in [7, 11) is -7.93. The van der Waals surface area contributed by atoms with E-state index < -0.39 is 37.1 Å². The molecule has 3 aromatic carbocycles. The van der Waals surface area contributed by atoms with Gasteiger partial charge in [-0.15, -0.1) is 0 Å². The molecule has 1 amide bonds. The van der Waals surface area contributed by atoms with Crippen LogP contribution in [0.25, 0.3) is 0 Å². The van der Waals surface area contributed by atoms with E-state index in [4.69, 9.17) is 0 Å². The molecule has 0 aliphatic carbocycles. The minimum absolute atomic E-state index is 0.000979. The molecule has 0 atom stereocenters. The Kier molecular flexibility index (Phi) is 9.00. The Morgan fingerprint density at radius 1 is 0.644 bits per heavy atom. The molecule has 0 aromatic heterocycles. The van der Waals surface area contributed by atoms with Crippen LogP contribution in [-0.4, -0.2) is 75.5 Å². The zero-order valence-corrected chi connectivity index (χ0v) is 27.9. The van der Waals surface area contributed by atoms with E-state index in [0.717, 1.165) is 45.5 Å². The molecule has 2 aliphatic heterocycles. The average molecular weight is 660 g/mol. The number of rotatable bonds is 6. The van der Waals surface area contributed by atoms with Crippen molar-refractivity contribution in [3.05, 3.63) is 93.5 Å². The first-order valence-electron chi connectivity index (χ1n) is 15.0. The van der Waals surface area contributed by atoms with E-state index in [1.54, 1.807) is 4.90 Å². The summed E-state index contributed by atoms with van der Waals surface area (Å²) in [5.74, 6) is -2.56. The minimum atomic E-state index is -4.12. The van der Waals surface area contributed by atoms with Gasteiger partial charge in [-0.05, 0) is 99.0 Å². The summed E-state index contributed by atoms with van der Waals surface area (Å²) in [6.07, 6.45) is 0.356. The van der Waals surface area contributed by atoms with Crippen LogP contribution >= 0.6 is 0 Å². The molecule has 0 saturated carbocycles. The third-order valence-corrected chi connectivity index (χ3v) is 14.0. The Morgan fingerprint density at radius 2 is 1.16 bits per heavy atom. The number of benzene rings is 3. The van der Waals surface area contributed by atoms with Crippen molar-refractivity contribution in [2.24, 2.45) is 0 Å². The molecule has 12 heteroatoms. The van der Waals surface area contributed by atoms with Gasteiger partial charge in [-0.25, -0.2) is 25.6 Å². The highest BCUT2D eigenvalue weighted by molar-refractivity contribution is 7.89. The predicted molar refractivity (Wildman–Crippen MR) is 168 cm³/mol. The molecular formula is C33H39F2N3O5S2. The monoisotopic (exact) mass is 659 g/mol. The Hall–Kier alpha value is -3.19. The Balaban J connectivity index is 1.37. The lowest BCUT2D eigenvalue weighted by Crippen LogP contribution is -2.58. The van der Waals surface area contributed by atoms with Crippen molar-refractivity contribution >= 4 is 26.0 Å². The number of piperidine rings is 1. The topological polar surface area (TPSA) is 95.1 Å². The molecule has 5 rings (SSSR count). The fourth-order valence-electron chi connectivity index (χ4n) is 6.69. The fourth-order valence-corrected chi connectivity index (χ4v) is 10.1. The maximum Gasteiger partial charge on any atom is 0.243 e. The summed E-state index contributed by atoms with van der Waals surface area (Å²) >= 11 is 0. The van der Waals surface area contributed by atoms with Gasteiger partial charge in [-0.2, -0.15) is 8.61 Å². The lowest BCUT2D eigenvalue weighted by Gasteiger charge is -2.45. The van der Waals surface area contributed by atoms with Crippen molar-refractivity contribution < 1.29 is 30.4 Å². The highest BCUT2D eigenvalue weighted by Crippen LogP contribution is 2.40. The van der Waals surface area contributed by atoms with E-state index in [1.165, 1.54) is 8.61 Å². The number of piperazine rings is 1. The highest BCUT2D eigenvalue weighted by atomic mass is 32.2. The summed E-state index contributed by atoms with van der Waals surface area (Å²) < 4.78 is 84.4. The maximum absolute atomic E-state index is 14.3. The second-order valence-electron chi connectivity index (χ2n) is 12.1. The van der Waals surface area contributed by atoms with Crippen molar-refractivity contribution in [1.82, 2.24) is 13.5 Å². The molecule has 8 nitrogen and oxygen atoms in total. The van der Waals surface area contributed by atoms with Crippen LogP contribution < -0.4 is 0 Å². The Bertz CT molecular complexity index is 1820. The van der Waals surface area contributed by atoms with Gasteiger partial charge in [0.1, 0.15) is 0 Å². The number of sulfonamides is 2. The maximum atomic E-state index is 14.3. The van der Waals surface area contributed by atoms with E-state index in [2.05, 4.69) is 0 Å². The van der Waals surface area contributed by atoms with Crippen molar-refractivity contribution in [3.63, 3.8) is 0 Å². The molecule has 242 valence electrons. The van der Waals surface area contributed by atoms with Gasteiger partial charge >= 0.3 is 0 Å². The van der Waals surface area contributed by atoms with Crippen molar-refractivity contribution in [2.75, 3.05) is 39.3 Å². The van der Waals surface area contributed by atoms with Crippen LogP contribution in [0.1, 0.15) is 46.2 Å². The van der Waals surface area contributed by atoms with Crippen LogP contribution in [0.5, 0.6) is 0 Å². The summed E-state index contributed by atoms with van der Waals surface area (Å²) in [4.78, 5) is 16.0. The van der Waals surface area contributed by atoms with Crippen LogP contribution in [0.2, 0.25) is 0 Å². The molecule has 2 fully saturated rings. The third kappa shape index (κ3) is 5.70. The smallest absolute Gasteiger partial charge is 0.243 e. The molecule has 2 aliphatic rings. The van der Waals surface area contributed by atoms with Crippen LogP contribution in [0.4, 0.5) is 8.78 Å². The van der Waals surface area contributed by atoms with E-state index in [9.17, 15) is 30.4 Å². The number of hydrogen-bond donors (Lipinski definition) is 0. The van der Waals surface area contributed by atoms with Crippen LogP contribution in [0.3, 0.4) is 0 Å². The number of carbonyl (C=O) groups is 1. The number of nitrogens with zero attached hydrogens (tertiary/aromatic N) is 3. The van der Waals surface area contributed by atoms with Crippen molar-refractivity contribution in [2.45, 2.75) is 62.7 Å². The van der Waals surface area contributed by atoms with Crippen molar-refractivity contribution in [3.8, 4) is 0 Å². The number of carbonyl (C=O) groups excluding carboxylic acids is 1. The molecule has 0 unspecified atom stereocenters. The molecule has 0 radical (unpaired) electrons. The number of halogens is 2. The number of hydrogen-bond acceptors (Lipinski definition) is 5. The highest BCUT2D eigenvalue weighted by Gasteiger charge is 2.48. The Labute approximate surface area is 264 Å². The van der Waals surface area contributed by atoms with E-state index in [0.29, 0.717) is 11.0 Å². The largest absolute Gasteiger partial charge is 0.339 e. The molecule has 0 bridgehead atoms. The second-order valence-corrected chi connectivity index (χ2v) is 15.9. The van der Waals surface area contributed by atoms with Gasteiger partial charge in [0.15, 0.2) is 11.6 Å². The first-order chi connectivity index (χ1) is 21.1. The van der Waals surface area contributed by atoms with Crippen LogP contribution in [0.15, 0.2) is 58.3 Å². The molecule has 45 heavy (non-hydrogen) atoms. The van der Waals surface area contributed by atoms with Crippen LogP contribution in [-0.2, 0) is 30.3 Å². The van der Waals surface area contributed by atoms with Gasteiger partial charge in [0.2, 0.25) is 26.0 Å². The third-order valence-electron chi connectivity index (χ3n) is 9.90. The summed E-state index contributed by atoms with van der Waals surface area (Å²) in [5, 5.41) is 0. The molecular weight excluding hydrogens is 621 g/mol. The molecule has 3 aromatic rings. The lowest BCUT2D eigenvalue weighted by molar-refractivity contribution is -0.140. The second kappa shape index (κ2) is 12.2. The lowest BCUT2D eigenvalue weighted by atomic mass is 9.72.